The van der Waals surface area contributed by atoms with Gasteiger partial charge < -0.3 is 15.3 Å². The van der Waals surface area contributed by atoms with Gasteiger partial charge >= 0.3 is 12.0 Å². The Morgan fingerprint density at radius 2 is 1.71 bits per heavy atom. The van der Waals surface area contributed by atoms with E-state index in [1.54, 1.807) is 0 Å². The highest BCUT2D eigenvalue weighted by atomic mass is 16.4. The van der Waals surface area contributed by atoms with E-state index in [0.717, 1.165) is 32.4 Å². The van der Waals surface area contributed by atoms with Crippen LogP contribution in [-0.4, -0.2) is 41.1 Å². The van der Waals surface area contributed by atoms with Gasteiger partial charge in [0.1, 0.15) is 0 Å². The molecule has 1 saturated heterocycles. The molecular weight excluding hydrogens is 268 g/mol. The highest BCUT2D eigenvalue weighted by Gasteiger charge is 2.33. The summed E-state index contributed by atoms with van der Waals surface area (Å²) in [6.07, 6.45) is 4.13. The van der Waals surface area contributed by atoms with E-state index in [2.05, 4.69) is 26.1 Å². The minimum absolute atomic E-state index is 0.0154. The van der Waals surface area contributed by atoms with Gasteiger partial charge in [0.25, 0.3) is 0 Å². The molecule has 0 aromatic heterocycles. The summed E-state index contributed by atoms with van der Waals surface area (Å²) in [6, 6.07) is 0.0114. The molecule has 0 aromatic carbocycles. The number of carboxylic acid groups (broad SMARTS) is 1. The van der Waals surface area contributed by atoms with Crippen LogP contribution in [0.2, 0.25) is 0 Å². The van der Waals surface area contributed by atoms with E-state index < -0.39 is 5.97 Å². The molecule has 0 radical (unpaired) electrons. The van der Waals surface area contributed by atoms with Crippen molar-refractivity contribution in [3.63, 3.8) is 0 Å². The molecule has 2 amide bonds. The number of nitrogens with one attached hydrogen (secondary N) is 1. The topological polar surface area (TPSA) is 69.6 Å². The molecule has 1 aliphatic carbocycles. The van der Waals surface area contributed by atoms with Crippen LogP contribution in [0.1, 0.15) is 52.9 Å². The summed E-state index contributed by atoms with van der Waals surface area (Å²) in [5.74, 6) is -0.357. The molecule has 1 heterocycles. The van der Waals surface area contributed by atoms with E-state index in [0.29, 0.717) is 24.2 Å². The number of carboxylic acids is 1. The van der Waals surface area contributed by atoms with Crippen LogP contribution in [-0.2, 0) is 4.79 Å². The summed E-state index contributed by atoms with van der Waals surface area (Å²) in [6.45, 7) is 8.40. The van der Waals surface area contributed by atoms with Crippen LogP contribution in [0.3, 0.4) is 0 Å². The largest absolute Gasteiger partial charge is 0.481 e. The molecule has 5 nitrogen and oxygen atoms in total. The Labute approximate surface area is 127 Å². The van der Waals surface area contributed by atoms with Crippen LogP contribution in [0.4, 0.5) is 4.79 Å². The average Bonchev–Trinajstić information content (AvgIpc) is 2.86. The number of aliphatic carboxylic acids is 1. The lowest BCUT2D eigenvalue weighted by atomic mass is 9.75. The van der Waals surface area contributed by atoms with E-state index in [-0.39, 0.29) is 18.0 Å². The van der Waals surface area contributed by atoms with E-state index >= 15 is 0 Å². The molecule has 0 spiro atoms. The molecule has 0 bridgehead atoms. The number of urea groups is 1. The first-order valence-corrected chi connectivity index (χ1v) is 8.05. The van der Waals surface area contributed by atoms with Crippen molar-refractivity contribution >= 4 is 12.0 Å². The molecular formula is C16H28N2O3. The summed E-state index contributed by atoms with van der Waals surface area (Å²) in [5.41, 5.74) is 0.308. The second kappa shape index (κ2) is 6.24. The Bertz CT molecular complexity index is 395. The Balaban J connectivity index is 1.77. The minimum Gasteiger partial charge on any atom is -0.481 e. The average molecular weight is 296 g/mol. The van der Waals surface area contributed by atoms with Crippen LogP contribution in [0, 0.1) is 17.3 Å². The monoisotopic (exact) mass is 296 g/mol. The number of likely N-dealkylation sites (tertiary alicyclic amines) is 1. The smallest absolute Gasteiger partial charge is 0.317 e. The quantitative estimate of drug-likeness (QED) is 0.823. The Morgan fingerprint density at radius 3 is 2.19 bits per heavy atom. The van der Waals surface area contributed by atoms with Crippen molar-refractivity contribution in [2.24, 2.45) is 17.3 Å². The van der Waals surface area contributed by atoms with Gasteiger partial charge in [0.2, 0.25) is 0 Å². The van der Waals surface area contributed by atoms with Crippen molar-refractivity contribution in [3.8, 4) is 0 Å². The fraction of sp³-hybridized carbons (Fsp3) is 0.875. The maximum Gasteiger partial charge on any atom is 0.317 e. The maximum absolute atomic E-state index is 12.3. The molecule has 0 unspecified atom stereocenters. The van der Waals surface area contributed by atoms with Gasteiger partial charge in [0, 0.05) is 19.1 Å². The van der Waals surface area contributed by atoms with Crippen LogP contribution >= 0.6 is 0 Å². The first-order valence-electron chi connectivity index (χ1n) is 8.05. The van der Waals surface area contributed by atoms with Crippen molar-refractivity contribution in [3.05, 3.63) is 0 Å². The van der Waals surface area contributed by atoms with E-state index in [9.17, 15) is 9.59 Å². The van der Waals surface area contributed by atoms with E-state index in [4.69, 9.17) is 5.11 Å². The second-order valence-electron chi connectivity index (χ2n) is 7.62. The summed E-state index contributed by atoms with van der Waals surface area (Å²) in [4.78, 5) is 25.1. The van der Waals surface area contributed by atoms with Gasteiger partial charge in [-0.05, 0) is 43.4 Å². The molecule has 2 aliphatic rings. The molecule has 5 heteroatoms. The lowest BCUT2D eigenvalue weighted by Gasteiger charge is -2.39. The van der Waals surface area contributed by atoms with Crippen molar-refractivity contribution in [2.75, 3.05) is 13.1 Å². The normalized spacial score (nSPS) is 27.7. The molecule has 0 aromatic rings. The van der Waals surface area contributed by atoms with Crippen molar-refractivity contribution in [2.45, 2.75) is 58.9 Å². The minimum atomic E-state index is -0.738. The van der Waals surface area contributed by atoms with Crippen LogP contribution in [0.5, 0.6) is 0 Å². The van der Waals surface area contributed by atoms with Gasteiger partial charge in [0.15, 0.2) is 0 Å². The highest BCUT2D eigenvalue weighted by molar-refractivity contribution is 5.75. The summed E-state index contributed by atoms with van der Waals surface area (Å²) >= 11 is 0. The van der Waals surface area contributed by atoms with Gasteiger partial charge in [-0.3, -0.25) is 4.79 Å². The predicted molar refractivity (Wildman–Crippen MR) is 81.0 cm³/mol. The number of carbonyl (C=O) groups excluding carboxylic acids is 1. The second-order valence-corrected chi connectivity index (χ2v) is 7.62. The summed E-state index contributed by atoms with van der Waals surface area (Å²) < 4.78 is 0. The Kier molecular flexibility index (Phi) is 4.79. The molecule has 2 N–H and O–H groups in total. The molecule has 2 fully saturated rings. The SMILES string of the molecule is CC(C)(C)C1CCN(C(=O)N[C@H]2CC[C@@H](C(=O)O)C2)CC1. The van der Waals surface area contributed by atoms with E-state index in [1.807, 2.05) is 4.90 Å². The molecule has 2 atom stereocenters. The van der Waals surface area contributed by atoms with Crippen molar-refractivity contribution < 1.29 is 14.7 Å². The van der Waals surface area contributed by atoms with Gasteiger partial charge in [-0.15, -0.1) is 0 Å². The standard InChI is InChI=1S/C16H28N2O3/c1-16(2,3)12-6-8-18(9-7-12)15(21)17-13-5-4-11(10-13)14(19)20/h11-13H,4-10H2,1-3H3,(H,17,21)(H,19,20)/t11-,13+/m1/s1. The Hall–Kier alpha value is -1.26. The third-order valence-electron chi connectivity index (χ3n) is 5.12. The molecule has 1 saturated carbocycles. The van der Waals surface area contributed by atoms with Crippen molar-refractivity contribution in [1.82, 2.24) is 10.2 Å². The zero-order valence-corrected chi connectivity index (χ0v) is 13.4. The van der Waals surface area contributed by atoms with Crippen LogP contribution in [0.25, 0.3) is 0 Å². The third kappa shape index (κ3) is 4.11. The fourth-order valence-electron chi connectivity index (χ4n) is 3.55. The maximum atomic E-state index is 12.3. The van der Waals surface area contributed by atoms with Gasteiger partial charge in [-0.1, -0.05) is 20.8 Å². The fourth-order valence-corrected chi connectivity index (χ4v) is 3.55. The van der Waals surface area contributed by atoms with Gasteiger partial charge in [-0.25, -0.2) is 4.79 Å². The van der Waals surface area contributed by atoms with Gasteiger partial charge in [-0.2, -0.15) is 0 Å². The number of piperidine rings is 1. The number of amides is 2. The number of hydrogen-bond donors (Lipinski definition) is 2. The lowest BCUT2D eigenvalue weighted by molar-refractivity contribution is -0.141. The number of rotatable bonds is 2. The Morgan fingerprint density at radius 1 is 1.10 bits per heavy atom. The van der Waals surface area contributed by atoms with Crippen LogP contribution in [0.15, 0.2) is 0 Å². The molecule has 21 heavy (non-hydrogen) atoms. The zero-order valence-electron chi connectivity index (χ0n) is 13.4. The van der Waals surface area contributed by atoms with Gasteiger partial charge in [0.05, 0.1) is 5.92 Å². The number of carbonyl (C=O) groups is 2. The van der Waals surface area contributed by atoms with Crippen molar-refractivity contribution in [1.29, 1.82) is 0 Å². The zero-order chi connectivity index (χ0) is 15.6. The first-order chi connectivity index (χ1) is 9.77. The number of hydrogen-bond acceptors (Lipinski definition) is 2. The molecule has 2 rings (SSSR count). The number of nitrogens with zero attached hydrogens (tertiary/aromatic N) is 1. The van der Waals surface area contributed by atoms with E-state index in [1.165, 1.54) is 0 Å². The molecule has 120 valence electrons. The highest BCUT2D eigenvalue weighted by Crippen LogP contribution is 2.34. The summed E-state index contributed by atoms with van der Waals surface area (Å²) in [5, 5.41) is 12.0. The lowest BCUT2D eigenvalue weighted by Crippen LogP contribution is -2.48. The van der Waals surface area contributed by atoms with Crippen LogP contribution < -0.4 is 5.32 Å². The first kappa shape index (κ1) is 16.1. The molecule has 1 aliphatic heterocycles. The summed E-state index contributed by atoms with van der Waals surface area (Å²) in [7, 11) is 0. The third-order valence-corrected chi connectivity index (χ3v) is 5.12. The predicted octanol–water partition coefficient (Wildman–Crippen LogP) is 2.71.